The maximum atomic E-state index is 8.78. The Labute approximate surface area is 84.1 Å². The highest BCUT2D eigenvalue weighted by atomic mass is 35.5. The van der Waals surface area contributed by atoms with Gasteiger partial charge in [-0.05, 0) is 17.9 Å². The molecule has 0 saturated heterocycles. The first-order valence-corrected chi connectivity index (χ1v) is 3.83. The first-order chi connectivity index (χ1) is 5.61. The molecule has 3 nitrogen and oxygen atoms in total. The minimum absolute atomic E-state index is 0. The third-order valence-corrected chi connectivity index (χ3v) is 1.76. The van der Waals surface area contributed by atoms with Crippen molar-refractivity contribution in [2.75, 3.05) is 0 Å². The molecule has 0 aromatic heterocycles. The van der Waals surface area contributed by atoms with E-state index in [0.717, 1.165) is 5.56 Å². The van der Waals surface area contributed by atoms with Gasteiger partial charge in [0.05, 0.1) is 0 Å². The first-order valence-electron chi connectivity index (χ1n) is 3.83. The van der Waals surface area contributed by atoms with Crippen LogP contribution in [0.2, 0.25) is 0 Å². The molecule has 0 aliphatic heterocycles. The molecule has 1 rings (SSSR count). The molecule has 1 atom stereocenters. The van der Waals surface area contributed by atoms with E-state index in [1.807, 2.05) is 6.92 Å². The lowest BCUT2D eigenvalue weighted by molar-refractivity contribution is 0.426. The predicted molar refractivity (Wildman–Crippen MR) is 56.1 cm³/mol. The number of hydrogen-bond acceptors (Lipinski definition) is 3. The number of hydrogen-bond donors (Lipinski definition) is 3. The van der Waals surface area contributed by atoms with Crippen molar-refractivity contribution in [1.29, 1.82) is 0 Å². The van der Waals surface area contributed by atoms with Gasteiger partial charge in [-0.1, -0.05) is 24.3 Å². The van der Waals surface area contributed by atoms with E-state index < -0.39 is 7.12 Å². The summed E-state index contributed by atoms with van der Waals surface area (Å²) in [7, 11) is -1.40. The second-order valence-electron chi connectivity index (χ2n) is 2.83. The summed E-state index contributed by atoms with van der Waals surface area (Å²) >= 11 is 0. The predicted octanol–water partition coefficient (Wildman–Crippen LogP) is -0.192. The van der Waals surface area contributed by atoms with Gasteiger partial charge < -0.3 is 15.8 Å². The van der Waals surface area contributed by atoms with Crippen molar-refractivity contribution < 1.29 is 10.0 Å². The van der Waals surface area contributed by atoms with Crippen LogP contribution in [-0.2, 0) is 0 Å². The SMILES string of the molecule is CC(N)c1ccc(B(O)O)cc1.Cl. The number of halogens is 1. The number of benzene rings is 1. The molecule has 1 aromatic carbocycles. The van der Waals surface area contributed by atoms with Crippen LogP contribution in [0.5, 0.6) is 0 Å². The topological polar surface area (TPSA) is 66.5 Å². The summed E-state index contributed by atoms with van der Waals surface area (Å²) in [6.45, 7) is 1.88. The number of rotatable bonds is 2. The molecule has 72 valence electrons. The second-order valence-corrected chi connectivity index (χ2v) is 2.83. The van der Waals surface area contributed by atoms with E-state index in [-0.39, 0.29) is 18.4 Å². The van der Waals surface area contributed by atoms with E-state index in [0.29, 0.717) is 5.46 Å². The minimum Gasteiger partial charge on any atom is -0.423 e. The lowest BCUT2D eigenvalue weighted by Gasteiger charge is -2.05. The fraction of sp³-hybridized carbons (Fsp3) is 0.250. The molecule has 0 bridgehead atoms. The van der Waals surface area contributed by atoms with E-state index in [1.165, 1.54) is 0 Å². The van der Waals surface area contributed by atoms with Crippen molar-refractivity contribution in [1.82, 2.24) is 0 Å². The Morgan fingerprint density at radius 1 is 1.23 bits per heavy atom. The Morgan fingerprint density at radius 3 is 2.00 bits per heavy atom. The average Bonchev–Trinajstić information content (AvgIpc) is 2.04. The lowest BCUT2D eigenvalue weighted by atomic mass is 9.80. The molecule has 0 spiro atoms. The summed E-state index contributed by atoms with van der Waals surface area (Å²) in [5, 5.41) is 17.6. The highest BCUT2D eigenvalue weighted by Gasteiger charge is 2.09. The van der Waals surface area contributed by atoms with Crippen LogP contribution in [0.1, 0.15) is 18.5 Å². The van der Waals surface area contributed by atoms with Gasteiger partial charge in [-0.2, -0.15) is 0 Å². The molecule has 0 heterocycles. The van der Waals surface area contributed by atoms with E-state index in [9.17, 15) is 0 Å². The van der Waals surface area contributed by atoms with Gasteiger partial charge in [-0.15, -0.1) is 12.4 Å². The van der Waals surface area contributed by atoms with Crippen LogP contribution in [0.25, 0.3) is 0 Å². The minimum atomic E-state index is -1.40. The van der Waals surface area contributed by atoms with Gasteiger partial charge in [-0.3, -0.25) is 0 Å². The van der Waals surface area contributed by atoms with Crippen molar-refractivity contribution >= 4 is 25.0 Å². The Balaban J connectivity index is 0.00000144. The van der Waals surface area contributed by atoms with Gasteiger partial charge in [0, 0.05) is 6.04 Å². The van der Waals surface area contributed by atoms with Gasteiger partial charge in [0.2, 0.25) is 0 Å². The fourth-order valence-electron chi connectivity index (χ4n) is 0.972. The Kier molecular flexibility index (Phi) is 5.02. The summed E-state index contributed by atoms with van der Waals surface area (Å²) in [5.74, 6) is 0. The summed E-state index contributed by atoms with van der Waals surface area (Å²) in [5.41, 5.74) is 7.09. The second kappa shape index (κ2) is 5.24. The molecule has 0 aliphatic carbocycles. The summed E-state index contributed by atoms with van der Waals surface area (Å²) < 4.78 is 0. The standard InChI is InChI=1S/C8H12BNO2.ClH/c1-6(10)7-2-4-8(5-3-7)9(11)12;/h2-6,11-12H,10H2,1H3;1H. The summed E-state index contributed by atoms with van der Waals surface area (Å²) in [6.07, 6.45) is 0. The lowest BCUT2D eigenvalue weighted by Crippen LogP contribution is -2.29. The largest absolute Gasteiger partial charge is 0.488 e. The van der Waals surface area contributed by atoms with Crippen LogP contribution in [0.4, 0.5) is 0 Å². The van der Waals surface area contributed by atoms with Crippen molar-refractivity contribution in [3.63, 3.8) is 0 Å². The molecule has 0 amide bonds. The monoisotopic (exact) mass is 201 g/mol. The van der Waals surface area contributed by atoms with Crippen LogP contribution in [0.15, 0.2) is 24.3 Å². The van der Waals surface area contributed by atoms with E-state index in [4.69, 9.17) is 15.8 Å². The maximum Gasteiger partial charge on any atom is 0.488 e. The van der Waals surface area contributed by atoms with Crippen molar-refractivity contribution in [3.05, 3.63) is 29.8 Å². The molecule has 4 N–H and O–H groups in total. The molecular formula is C8H13BClNO2. The smallest absolute Gasteiger partial charge is 0.423 e. The Morgan fingerprint density at radius 2 is 1.69 bits per heavy atom. The molecule has 0 fully saturated rings. The van der Waals surface area contributed by atoms with Crippen LogP contribution in [0, 0.1) is 0 Å². The molecule has 0 radical (unpaired) electrons. The molecule has 5 heteroatoms. The molecule has 1 unspecified atom stereocenters. The normalized spacial score (nSPS) is 11.7. The fourth-order valence-corrected chi connectivity index (χ4v) is 0.972. The third-order valence-electron chi connectivity index (χ3n) is 1.76. The van der Waals surface area contributed by atoms with Gasteiger partial charge in [-0.25, -0.2) is 0 Å². The molecule has 13 heavy (non-hydrogen) atoms. The van der Waals surface area contributed by atoms with Crippen LogP contribution < -0.4 is 11.2 Å². The van der Waals surface area contributed by atoms with Crippen LogP contribution in [0.3, 0.4) is 0 Å². The molecule has 0 saturated carbocycles. The van der Waals surface area contributed by atoms with Gasteiger partial charge in [0.1, 0.15) is 0 Å². The third kappa shape index (κ3) is 3.36. The van der Waals surface area contributed by atoms with E-state index in [1.54, 1.807) is 24.3 Å². The van der Waals surface area contributed by atoms with Crippen molar-refractivity contribution in [2.24, 2.45) is 5.73 Å². The highest BCUT2D eigenvalue weighted by molar-refractivity contribution is 6.58. The van der Waals surface area contributed by atoms with E-state index in [2.05, 4.69) is 0 Å². The van der Waals surface area contributed by atoms with Crippen LogP contribution in [-0.4, -0.2) is 17.2 Å². The van der Waals surface area contributed by atoms with Gasteiger partial charge in [0.25, 0.3) is 0 Å². The molecule has 1 aromatic rings. The van der Waals surface area contributed by atoms with Crippen molar-refractivity contribution in [3.8, 4) is 0 Å². The summed E-state index contributed by atoms with van der Waals surface area (Å²) in [6, 6.07) is 6.88. The van der Waals surface area contributed by atoms with Crippen LogP contribution >= 0.6 is 12.4 Å². The maximum absolute atomic E-state index is 8.78. The Hall–Kier alpha value is -0.545. The van der Waals surface area contributed by atoms with E-state index >= 15 is 0 Å². The zero-order valence-electron chi connectivity index (χ0n) is 7.34. The van der Waals surface area contributed by atoms with Gasteiger partial charge in [0.15, 0.2) is 0 Å². The Bertz CT molecular complexity index is 224. The van der Waals surface area contributed by atoms with Crippen molar-refractivity contribution in [2.45, 2.75) is 13.0 Å². The highest BCUT2D eigenvalue weighted by Crippen LogP contribution is 2.06. The first kappa shape index (κ1) is 12.5. The zero-order chi connectivity index (χ0) is 9.14. The zero-order valence-corrected chi connectivity index (χ0v) is 8.16. The molecular weight excluding hydrogens is 188 g/mol. The average molecular weight is 201 g/mol. The number of nitrogens with two attached hydrogens (primary N) is 1. The molecule has 0 aliphatic rings. The van der Waals surface area contributed by atoms with Gasteiger partial charge >= 0.3 is 7.12 Å². The quantitative estimate of drug-likeness (QED) is 0.581. The summed E-state index contributed by atoms with van der Waals surface area (Å²) in [4.78, 5) is 0.